The van der Waals surface area contributed by atoms with Gasteiger partial charge in [-0.25, -0.2) is 0 Å². The van der Waals surface area contributed by atoms with Crippen molar-refractivity contribution >= 4 is 56.1 Å². The van der Waals surface area contributed by atoms with Gasteiger partial charge in [-0.1, -0.05) is 151 Å². The molecule has 0 atom stereocenters. The molecule has 7 rings (SSSR count). The number of carbonyl (C=O) groups excluding carboxylic acids is 2. The summed E-state index contributed by atoms with van der Waals surface area (Å²) in [6.45, 7) is 5.87. The number of nitrogens with one attached hydrogen (secondary N) is 1. The number of H-pyrrole nitrogens is 1. The second-order valence-electron chi connectivity index (χ2n) is 13.4. The summed E-state index contributed by atoms with van der Waals surface area (Å²) in [4.78, 5) is 34.9. The van der Waals surface area contributed by atoms with E-state index in [4.69, 9.17) is 0 Å². The van der Waals surface area contributed by atoms with E-state index in [1.54, 1.807) is 0 Å². The zero-order chi connectivity index (χ0) is 34.0. The summed E-state index contributed by atoms with van der Waals surface area (Å²) in [7, 11) is 0. The molecule has 0 unspecified atom stereocenters. The smallest absolute Gasteiger partial charge is 0.259 e. The molecule has 0 aliphatic carbocycles. The lowest BCUT2D eigenvalue weighted by atomic mass is 9.96. The van der Waals surface area contributed by atoms with Crippen molar-refractivity contribution in [1.82, 2.24) is 4.98 Å². The van der Waals surface area contributed by atoms with Gasteiger partial charge in [0.1, 0.15) is 0 Å². The van der Waals surface area contributed by atoms with Crippen LogP contribution in [0.4, 0.5) is 11.4 Å². The summed E-state index contributed by atoms with van der Waals surface area (Å²) in [6, 6.07) is 32.7. The number of rotatable bonds is 14. The molecule has 49 heavy (non-hydrogen) atoms. The number of carbonyl (C=O) groups is 2. The van der Waals surface area contributed by atoms with Gasteiger partial charge in [0.2, 0.25) is 0 Å². The average Bonchev–Trinajstić information content (AvgIpc) is 3.74. The number of aromatic amines is 1. The normalized spacial score (nSPS) is 15.2. The molecule has 2 aliphatic rings. The average molecular weight is 654 g/mol. The van der Waals surface area contributed by atoms with E-state index >= 15 is 0 Å². The van der Waals surface area contributed by atoms with Crippen LogP contribution < -0.4 is 9.80 Å². The summed E-state index contributed by atoms with van der Waals surface area (Å²) in [5.41, 5.74) is 7.27. The van der Waals surface area contributed by atoms with E-state index in [0.717, 1.165) is 48.2 Å². The van der Waals surface area contributed by atoms with Gasteiger partial charge < -0.3 is 14.8 Å². The van der Waals surface area contributed by atoms with Crippen LogP contribution in [0.3, 0.4) is 0 Å². The van der Waals surface area contributed by atoms with Gasteiger partial charge >= 0.3 is 0 Å². The molecular formula is C44H51N3O2. The molecule has 254 valence electrons. The number of amides is 2. The summed E-state index contributed by atoms with van der Waals surface area (Å²) < 4.78 is 0. The van der Waals surface area contributed by atoms with Crippen LogP contribution in [0.5, 0.6) is 0 Å². The Morgan fingerprint density at radius 3 is 1.27 bits per heavy atom. The maximum absolute atomic E-state index is 13.8. The Balaban J connectivity index is 0.000000264. The molecule has 0 saturated heterocycles. The molecule has 0 bridgehead atoms. The molecule has 1 aromatic heterocycles. The number of unbranched alkanes of at least 4 members (excludes halogenated alkanes) is 10. The number of para-hydroxylation sites is 4. The van der Waals surface area contributed by atoms with Crippen LogP contribution in [-0.2, 0) is 9.59 Å². The second kappa shape index (κ2) is 16.6. The van der Waals surface area contributed by atoms with E-state index in [2.05, 4.69) is 67.4 Å². The van der Waals surface area contributed by atoms with Gasteiger partial charge in [-0.3, -0.25) is 9.59 Å². The zero-order valence-corrected chi connectivity index (χ0v) is 29.3. The predicted octanol–water partition coefficient (Wildman–Crippen LogP) is 11.3. The lowest BCUT2D eigenvalue weighted by molar-refractivity contribution is -0.114. The highest BCUT2D eigenvalue weighted by Crippen LogP contribution is 2.46. The second-order valence-corrected chi connectivity index (χ2v) is 13.4. The van der Waals surface area contributed by atoms with Crippen LogP contribution in [0, 0.1) is 0 Å². The van der Waals surface area contributed by atoms with Gasteiger partial charge in [-0.15, -0.1) is 0 Å². The van der Waals surface area contributed by atoms with Gasteiger partial charge in [-0.2, -0.15) is 0 Å². The Kier molecular flexibility index (Phi) is 11.6. The van der Waals surface area contributed by atoms with Crippen LogP contribution >= 0.6 is 0 Å². The van der Waals surface area contributed by atoms with Crippen LogP contribution in [-0.4, -0.2) is 29.9 Å². The molecule has 0 fully saturated rings. The molecule has 2 amide bonds. The minimum absolute atomic E-state index is 0.0238. The van der Waals surface area contributed by atoms with E-state index < -0.39 is 0 Å². The Hall–Kier alpha value is -4.64. The third kappa shape index (κ3) is 7.51. The molecule has 4 aromatic carbocycles. The van der Waals surface area contributed by atoms with E-state index in [1.165, 1.54) is 73.2 Å². The Morgan fingerprint density at radius 1 is 0.449 bits per heavy atom. The van der Waals surface area contributed by atoms with E-state index in [0.29, 0.717) is 24.2 Å². The minimum atomic E-state index is -0.0238. The maximum atomic E-state index is 13.8. The van der Waals surface area contributed by atoms with Crippen molar-refractivity contribution in [3.8, 4) is 0 Å². The maximum Gasteiger partial charge on any atom is 0.259 e. The van der Waals surface area contributed by atoms with Gasteiger partial charge in [0, 0.05) is 46.0 Å². The van der Waals surface area contributed by atoms with Gasteiger partial charge in [0.15, 0.2) is 0 Å². The lowest BCUT2D eigenvalue weighted by Gasteiger charge is -2.17. The van der Waals surface area contributed by atoms with Gasteiger partial charge in [-0.05, 0) is 37.1 Å². The quantitative estimate of drug-likeness (QED) is 0.0958. The van der Waals surface area contributed by atoms with Crippen molar-refractivity contribution in [3.63, 3.8) is 0 Å². The molecule has 2 aliphatic heterocycles. The monoisotopic (exact) mass is 653 g/mol. The standard InChI is InChI=1S/C32H42N2O2.C12H9N/c1-3-5-7-9-11-17-23-33-27-21-15-13-19-25(27)29(31(33)35)30-26-20-14-16-22-28(26)34(32(30)36)24-18-12-10-8-6-4-2;1-3-7-11-9(5-1)10-6-2-4-8-12(10)13-11/h13-16,19-22H,3-12,17-18,23-24H2,1-2H3;1-8,13H/b30-29+;. The molecule has 0 radical (unpaired) electrons. The van der Waals surface area contributed by atoms with Crippen molar-refractivity contribution in [3.05, 3.63) is 108 Å². The number of fused-ring (bicyclic) bond motifs is 5. The Morgan fingerprint density at radius 2 is 0.816 bits per heavy atom. The van der Waals surface area contributed by atoms with Crippen molar-refractivity contribution in [2.24, 2.45) is 0 Å². The van der Waals surface area contributed by atoms with Crippen molar-refractivity contribution in [2.75, 3.05) is 22.9 Å². The first-order chi connectivity index (χ1) is 24.1. The van der Waals surface area contributed by atoms with E-state index in [9.17, 15) is 9.59 Å². The number of anilines is 2. The number of hydrogen-bond acceptors (Lipinski definition) is 2. The molecule has 3 heterocycles. The van der Waals surface area contributed by atoms with Crippen molar-refractivity contribution < 1.29 is 9.59 Å². The third-order valence-corrected chi connectivity index (χ3v) is 9.98. The largest absolute Gasteiger partial charge is 0.355 e. The molecular weight excluding hydrogens is 603 g/mol. The third-order valence-electron chi connectivity index (χ3n) is 9.98. The summed E-state index contributed by atoms with van der Waals surface area (Å²) in [5, 5.41) is 2.61. The number of hydrogen-bond donors (Lipinski definition) is 1. The van der Waals surface area contributed by atoms with Crippen LogP contribution in [0.2, 0.25) is 0 Å². The number of benzene rings is 4. The number of nitrogens with zero attached hydrogens (tertiary/aromatic N) is 2. The lowest BCUT2D eigenvalue weighted by Crippen LogP contribution is -2.30. The van der Waals surface area contributed by atoms with Gasteiger partial charge in [0.05, 0.1) is 22.5 Å². The predicted molar refractivity (Wildman–Crippen MR) is 207 cm³/mol. The highest BCUT2D eigenvalue weighted by molar-refractivity contribution is 6.49. The van der Waals surface area contributed by atoms with E-state index in [1.807, 2.05) is 58.3 Å². The molecule has 0 saturated carbocycles. The molecule has 1 N–H and O–H groups in total. The molecule has 0 spiro atoms. The fourth-order valence-corrected chi connectivity index (χ4v) is 7.39. The summed E-state index contributed by atoms with van der Waals surface area (Å²) in [5.74, 6) is -0.0475. The first-order valence-corrected chi connectivity index (χ1v) is 18.7. The Bertz CT molecular complexity index is 1780. The molecule has 5 heteroatoms. The topological polar surface area (TPSA) is 56.4 Å². The molecule has 5 aromatic rings. The first kappa shape index (κ1) is 34.2. The van der Waals surface area contributed by atoms with Crippen LogP contribution in [0.15, 0.2) is 97.1 Å². The fourth-order valence-electron chi connectivity index (χ4n) is 7.39. The number of aromatic nitrogens is 1. The Labute approximate surface area is 292 Å². The van der Waals surface area contributed by atoms with Crippen molar-refractivity contribution in [1.29, 1.82) is 0 Å². The van der Waals surface area contributed by atoms with Crippen LogP contribution in [0.25, 0.3) is 33.0 Å². The highest BCUT2D eigenvalue weighted by Gasteiger charge is 2.41. The van der Waals surface area contributed by atoms with Crippen molar-refractivity contribution in [2.45, 2.75) is 90.9 Å². The van der Waals surface area contributed by atoms with E-state index in [-0.39, 0.29) is 11.8 Å². The van der Waals surface area contributed by atoms with Crippen LogP contribution in [0.1, 0.15) is 102 Å². The fraction of sp³-hybridized carbons (Fsp3) is 0.364. The summed E-state index contributed by atoms with van der Waals surface area (Å²) >= 11 is 0. The SMILES string of the molecule is CCCCCCCCN1C(=O)/C(=C2/C(=O)N(CCCCCCCC)c3ccccc32)c2ccccc21.c1ccc2c(c1)[nH]c1ccccc12. The minimum Gasteiger partial charge on any atom is -0.355 e. The summed E-state index contributed by atoms with van der Waals surface area (Å²) in [6.07, 6.45) is 14.2. The first-order valence-electron chi connectivity index (χ1n) is 18.7. The highest BCUT2D eigenvalue weighted by atomic mass is 16.2. The van der Waals surface area contributed by atoms with Gasteiger partial charge in [0.25, 0.3) is 11.8 Å². The molecule has 5 nitrogen and oxygen atoms in total. The zero-order valence-electron chi connectivity index (χ0n) is 29.3.